The molecule has 5 heteroatoms. The Morgan fingerprint density at radius 2 is 1.82 bits per heavy atom. The smallest absolute Gasteiger partial charge is 0.338 e. The van der Waals surface area contributed by atoms with Crippen LogP contribution in [0, 0.1) is 12.7 Å². The van der Waals surface area contributed by atoms with Gasteiger partial charge in [-0.15, -0.1) is 0 Å². The third kappa shape index (κ3) is 5.30. The number of carbonyl (C=O) groups excluding carboxylic acids is 1. The predicted molar refractivity (Wildman–Crippen MR) is 149 cm³/mol. The van der Waals surface area contributed by atoms with Crippen LogP contribution < -0.4 is 10.1 Å². The molecule has 4 aromatic carbocycles. The third-order valence-electron chi connectivity index (χ3n) is 7.68. The predicted octanol–water partition coefficient (Wildman–Crippen LogP) is 7.49. The van der Waals surface area contributed by atoms with Gasteiger partial charge in [-0.3, -0.25) is 0 Å². The summed E-state index contributed by atoms with van der Waals surface area (Å²) in [7, 11) is 1.42. The summed E-state index contributed by atoms with van der Waals surface area (Å²) in [5.41, 5.74) is 4.87. The SMILES string of the molecule is COC(=O)c1cc(C2CC(CCCN[C@H](C)c3ccc(F)c4ccccc34)Oc3ccccc32)ccc1C. The molecule has 38 heavy (non-hydrogen) atoms. The van der Waals surface area contributed by atoms with Gasteiger partial charge in [-0.05, 0) is 79.9 Å². The van der Waals surface area contributed by atoms with Crippen LogP contribution in [0.25, 0.3) is 10.8 Å². The maximum Gasteiger partial charge on any atom is 0.338 e. The molecule has 1 heterocycles. The van der Waals surface area contributed by atoms with E-state index in [0.29, 0.717) is 10.9 Å². The molecule has 1 aliphatic rings. The molecule has 0 aromatic heterocycles. The Kier molecular flexibility index (Phi) is 7.75. The second-order valence-corrected chi connectivity index (χ2v) is 10.1. The van der Waals surface area contributed by atoms with Crippen LogP contribution in [0.3, 0.4) is 0 Å². The van der Waals surface area contributed by atoms with E-state index in [1.807, 2.05) is 67.6 Å². The normalized spacial score (nSPS) is 17.5. The standard InChI is InChI=1S/C33H34FNO3/c1-21-14-15-23(19-29(21)33(36)37-3)30-20-24(38-32-13-7-6-12-28(30)32)9-8-18-35-22(2)25-16-17-31(34)27-11-5-4-10-26(25)27/h4-7,10-17,19,22,24,30,35H,8-9,18,20H2,1-3H3/t22-,24?,30?/m1/s1. The van der Waals surface area contributed by atoms with Crippen molar-refractivity contribution in [1.82, 2.24) is 5.32 Å². The number of rotatable bonds is 8. The first kappa shape index (κ1) is 25.9. The topological polar surface area (TPSA) is 47.6 Å². The van der Waals surface area contributed by atoms with Crippen molar-refractivity contribution in [3.05, 3.63) is 112 Å². The van der Waals surface area contributed by atoms with Gasteiger partial charge in [0.15, 0.2) is 0 Å². The molecule has 5 rings (SSSR count). The highest BCUT2D eigenvalue weighted by molar-refractivity contribution is 5.91. The van der Waals surface area contributed by atoms with Crippen molar-refractivity contribution in [2.45, 2.75) is 51.2 Å². The van der Waals surface area contributed by atoms with Gasteiger partial charge >= 0.3 is 5.97 Å². The third-order valence-corrected chi connectivity index (χ3v) is 7.68. The monoisotopic (exact) mass is 511 g/mol. The highest BCUT2D eigenvalue weighted by Gasteiger charge is 2.29. The summed E-state index contributed by atoms with van der Waals surface area (Å²) >= 11 is 0. The molecule has 4 nitrogen and oxygen atoms in total. The number of esters is 1. The summed E-state index contributed by atoms with van der Waals surface area (Å²) in [5.74, 6) is 0.558. The Hall–Kier alpha value is -3.70. The van der Waals surface area contributed by atoms with Gasteiger partial charge in [0.25, 0.3) is 0 Å². The largest absolute Gasteiger partial charge is 0.490 e. The lowest BCUT2D eigenvalue weighted by atomic mass is 9.82. The summed E-state index contributed by atoms with van der Waals surface area (Å²) < 4.78 is 25.7. The molecular weight excluding hydrogens is 477 g/mol. The molecule has 1 aliphatic heterocycles. The van der Waals surface area contributed by atoms with Crippen LogP contribution in [-0.2, 0) is 4.74 Å². The Labute approximate surface area is 223 Å². The second kappa shape index (κ2) is 11.4. The molecular formula is C33H34FNO3. The molecule has 0 saturated carbocycles. The molecule has 3 atom stereocenters. The van der Waals surface area contributed by atoms with Crippen molar-refractivity contribution in [2.75, 3.05) is 13.7 Å². The number of methoxy groups -OCH3 is 1. The maximum atomic E-state index is 14.2. The zero-order valence-corrected chi connectivity index (χ0v) is 22.2. The lowest BCUT2D eigenvalue weighted by Crippen LogP contribution is -2.28. The van der Waals surface area contributed by atoms with Crippen molar-refractivity contribution in [1.29, 1.82) is 0 Å². The zero-order valence-electron chi connectivity index (χ0n) is 22.2. The molecule has 0 aliphatic carbocycles. The van der Waals surface area contributed by atoms with Gasteiger partial charge in [-0.25, -0.2) is 9.18 Å². The lowest BCUT2D eigenvalue weighted by molar-refractivity contribution is 0.0599. The average Bonchev–Trinajstić information content (AvgIpc) is 2.95. The number of hydrogen-bond donors (Lipinski definition) is 1. The number of aryl methyl sites for hydroxylation is 1. The minimum Gasteiger partial charge on any atom is -0.490 e. The first-order chi connectivity index (χ1) is 18.5. The van der Waals surface area contributed by atoms with Gasteiger partial charge in [0, 0.05) is 22.9 Å². The maximum absolute atomic E-state index is 14.2. The highest BCUT2D eigenvalue weighted by Crippen LogP contribution is 2.41. The molecule has 0 bridgehead atoms. The minimum absolute atomic E-state index is 0.0709. The lowest BCUT2D eigenvalue weighted by Gasteiger charge is -2.33. The highest BCUT2D eigenvalue weighted by atomic mass is 19.1. The van der Waals surface area contributed by atoms with Crippen LogP contribution in [-0.4, -0.2) is 25.7 Å². The molecule has 4 aromatic rings. The fraction of sp³-hybridized carbons (Fsp3) is 0.303. The van der Waals surface area contributed by atoms with Gasteiger partial charge in [0.1, 0.15) is 11.6 Å². The Bertz CT molecular complexity index is 1450. The van der Waals surface area contributed by atoms with Crippen molar-refractivity contribution in [3.8, 4) is 5.75 Å². The average molecular weight is 512 g/mol. The van der Waals surface area contributed by atoms with E-state index in [-0.39, 0.29) is 29.9 Å². The summed E-state index contributed by atoms with van der Waals surface area (Å²) in [6.07, 6.45) is 2.77. The summed E-state index contributed by atoms with van der Waals surface area (Å²) in [6, 6.07) is 25.4. The van der Waals surface area contributed by atoms with Gasteiger partial charge in [0.2, 0.25) is 0 Å². The number of fused-ring (bicyclic) bond motifs is 2. The van der Waals surface area contributed by atoms with Gasteiger partial charge in [-0.2, -0.15) is 0 Å². The first-order valence-corrected chi connectivity index (χ1v) is 13.3. The number of carbonyl (C=O) groups is 1. The fourth-order valence-electron chi connectivity index (χ4n) is 5.59. The van der Waals surface area contributed by atoms with E-state index in [1.165, 1.54) is 7.11 Å². The van der Waals surface area contributed by atoms with E-state index in [2.05, 4.69) is 24.4 Å². The molecule has 0 spiro atoms. The summed E-state index contributed by atoms with van der Waals surface area (Å²) in [5, 5.41) is 5.22. The van der Waals surface area contributed by atoms with Crippen LogP contribution in [0.5, 0.6) is 5.75 Å². The van der Waals surface area contributed by atoms with Crippen molar-refractivity contribution < 1.29 is 18.7 Å². The van der Waals surface area contributed by atoms with Crippen LogP contribution in [0.1, 0.15) is 70.8 Å². The van der Waals surface area contributed by atoms with Crippen LogP contribution in [0.4, 0.5) is 4.39 Å². The molecule has 0 amide bonds. The van der Waals surface area contributed by atoms with E-state index < -0.39 is 0 Å². The molecule has 2 unspecified atom stereocenters. The Morgan fingerprint density at radius 1 is 1.05 bits per heavy atom. The van der Waals surface area contributed by atoms with Gasteiger partial charge in [-0.1, -0.05) is 60.7 Å². The van der Waals surface area contributed by atoms with E-state index in [9.17, 15) is 9.18 Å². The molecule has 0 saturated heterocycles. The molecule has 0 radical (unpaired) electrons. The molecule has 0 fully saturated rings. The van der Waals surface area contributed by atoms with Crippen LogP contribution in [0.2, 0.25) is 0 Å². The van der Waals surface area contributed by atoms with Crippen molar-refractivity contribution in [3.63, 3.8) is 0 Å². The quantitative estimate of drug-likeness (QED) is 0.197. The van der Waals surface area contributed by atoms with Crippen LogP contribution >= 0.6 is 0 Å². The van der Waals surface area contributed by atoms with E-state index in [4.69, 9.17) is 9.47 Å². The molecule has 1 N–H and O–H groups in total. The first-order valence-electron chi connectivity index (χ1n) is 13.3. The van der Waals surface area contributed by atoms with Crippen LogP contribution in [0.15, 0.2) is 78.9 Å². The Balaban J connectivity index is 1.26. The zero-order chi connectivity index (χ0) is 26.6. The van der Waals surface area contributed by atoms with Gasteiger partial charge in [0.05, 0.1) is 18.8 Å². The summed E-state index contributed by atoms with van der Waals surface area (Å²) in [4.78, 5) is 12.3. The number of halogens is 1. The number of hydrogen-bond acceptors (Lipinski definition) is 4. The minimum atomic E-state index is -0.310. The fourth-order valence-corrected chi connectivity index (χ4v) is 5.59. The van der Waals surface area contributed by atoms with Crippen molar-refractivity contribution >= 4 is 16.7 Å². The number of ether oxygens (including phenoxy) is 2. The van der Waals surface area contributed by atoms with E-state index >= 15 is 0 Å². The van der Waals surface area contributed by atoms with Crippen molar-refractivity contribution in [2.24, 2.45) is 0 Å². The van der Waals surface area contributed by atoms with E-state index in [1.54, 1.807) is 6.07 Å². The Morgan fingerprint density at radius 3 is 2.63 bits per heavy atom. The van der Waals surface area contributed by atoms with E-state index in [0.717, 1.165) is 59.2 Å². The number of benzene rings is 4. The van der Waals surface area contributed by atoms with Gasteiger partial charge < -0.3 is 14.8 Å². The molecule has 196 valence electrons. The number of nitrogens with one attached hydrogen (secondary N) is 1. The number of para-hydroxylation sites is 1. The summed E-state index contributed by atoms with van der Waals surface area (Å²) in [6.45, 7) is 4.88. The second-order valence-electron chi connectivity index (χ2n) is 10.1.